The highest BCUT2D eigenvalue weighted by Crippen LogP contribution is 2.37. The summed E-state index contributed by atoms with van der Waals surface area (Å²) in [6, 6.07) is 7.81. The molecule has 0 aliphatic heterocycles. The zero-order valence-electron chi connectivity index (χ0n) is 16.8. The summed E-state index contributed by atoms with van der Waals surface area (Å²) in [6.07, 6.45) is -9.65. The van der Waals surface area contributed by atoms with Crippen molar-refractivity contribution in [3.05, 3.63) is 64.3 Å². The maximum Gasteiger partial charge on any atom is 0.416 e. The van der Waals surface area contributed by atoms with Crippen molar-refractivity contribution >= 4 is 0 Å². The standard InChI is InChI=1S/C21H16F6N4O/c1-11(2)12-5-13(19-18(9-28)29-31-30-19)8-16(7-12)32-10-14-6-15(20(22,23)24)3-4-17(14)21(25,26)27/h3-8,11H,10H2,1-2H3,(H,29,30,31). The Morgan fingerprint density at radius 2 is 1.72 bits per heavy atom. The second-order valence-electron chi connectivity index (χ2n) is 7.23. The van der Waals surface area contributed by atoms with Gasteiger partial charge >= 0.3 is 12.4 Å². The van der Waals surface area contributed by atoms with E-state index in [1.54, 1.807) is 12.1 Å². The molecule has 3 aromatic rings. The van der Waals surface area contributed by atoms with Crippen LogP contribution in [-0.2, 0) is 19.0 Å². The summed E-state index contributed by atoms with van der Waals surface area (Å²) >= 11 is 0. The third-order valence-electron chi connectivity index (χ3n) is 4.66. The third kappa shape index (κ3) is 5.01. The normalized spacial score (nSPS) is 12.1. The molecule has 3 rings (SSSR count). The van der Waals surface area contributed by atoms with Crippen molar-refractivity contribution in [1.82, 2.24) is 15.4 Å². The van der Waals surface area contributed by atoms with Crippen molar-refractivity contribution < 1.29 is 31.1 Å². The van der Waals surface area contributed by atoms with Crippen molar-refractivity contribution in [2.24, 2.45) is 0 Å². The molecule has 11 heteroatoms. The van der Waals surface area contributed by atoms with Gasteiger partial charge in [-0.3, -0.25) is 0 Å². The van der Waals surface area contributed by atoms with E-state index in [1.165, 1.54) is 6.07 Å². The van der Waals surface area contributed by atoms with E-state index in [0.717, 1.165) is 5.56 Å². The second kappa shape index (κ2) is 8.53. The Morgan fingerprint density at radius 1 is 1.00 bits per heavy atom. The van der Waals surface area contributed by atoms with Crippen molar-refractivity contribution in [3.8, 4) is 23.1 Å². The molecule has 0 saturated carbocycles. The fourth-order valence-corrected chi connectivity index (χ4v) is 3.01. The van der Waals surface area contributed by atoms with Crippen LogP contribution in [0.4, 0.5) is 26.3 Å². The van der Waals surface area contributed by atoms with Gasteiger partial charge in [0.25, 0.3) is 0 Å². The molecule has 0 bridgehead atoms. The molecule has 0 spiro atoms. The molecule has 1 N–H and O–H groups in total. The predicted octanol–water partition coefficient (Wildman–Crippen LogP) is 6.08. The predicted molar refractivity (Wildman–Crippen MR) is 101 cm³/mol. The number of rotatable bonds is 5. The number of nitrogens with zero attached hydrogens (tertiary/aromatic N) is 3. The quantitative estimate of drug-likeness (QED) is 0.474. The number of nitrogens with one attached hydrogen (secondary N) is 1. The largest absolute Gasteiger partial charge is 0.489 e. The summed E-state index contributed by atoms with van der Waals surface area (Å²) in [5, 5.41) is 19.1. The first-order valence-corrected chi connectivity index (χ1v) is 9.26. The number of nitriles is 1. The van der Waals surface area contributed by atoms with Crippen molar-refractivity contribution in [1.29, 1.82) is 5.26 Å². The maximum absolute atomic E-state index is 13.3. The number of hydrogen-bond donors (Lipinski definition) is 1. The van der Waals surface area contributed by atoms with Gasteiger partial charge in [0.2, 0.25) is 0 Å². The van der Waals surface area contributed by atoms with Gasteiger partial charge in [0.05, 0.1) is 11.1 Å². The van der Waals surface area contributed by atoms with E-state index < -0.39 is 35.6 Å². The fourth-order valence-electron chi connectivity index (χ4n) is 3.01. The summed E-state index contributed by atoms with van der Waals surface area (Å²) in [6.45, 7) is 2.99. The van der Waals surface area contributed by atoms with Crippen molar-refractivity contribution in [2.75, 3.05) is 0 Å². The van der Waals surface area contributed by atoms with E-state index in [4.69, 9.17) is 10.00 Å². The third-order valence-corrected chi connectivity index (χ3v) is 4.66. The van der Waals surface area contributed by atoms with Crippen molar-refractivity contribution in [2.45, 2.75) is 38.7 Å². The molecule has 0 saturated heterocycles. The number of alkyl halides is 6. The maximum atomic E-state index is 13.3. The Kier molecular flexibility index (Phi) is 6.16. The Morgan fingerprint density at radius 3 is 2.31 bits per heavy atom. The topological polar surface area (TPSA) is 74.6 Å². The average Bonchev–Trinajstić information content (AvgIpc) is 3.19. The van der Waals surface area contributed by atoms with Crippen LogP contribution in [0.3, 0.4) is 0 Å². The van der Waals surface area contributed by atoms with Gasteiger partial charge in [0, 0.05) is 11.1 Å². The van der Waals surface area contributed by atoms with Gasteiger partial charge < -0.3 is 4.74 Å². The van der Waals surface area contributed by atoms with Crippen LogP contribution < -0.4 is 4.74 Å². The van der Waals surface area contributed by atoms with Crippen LogP contribution in [0.5, 0.6) is 5.75 Å². The molecule has 2 aromatic carbocycles. The minimum atomic E-state index is -4.85. The van der Waals surface area contributed by atoms with Gasteiger partial charge in [0.15, 0.2) is 5.69 Å². The Labute approximate surface area is 178 Å². The molecule has 168 valence electrons. The van der Waals surface area contributed by atoms with E-state index >= 15 is 0 Å². The lowest BCUT2D eigenvalue weighted by Crippen LogP contribution is -2.14. The smallest absolute Gasteiger partial charge is 0.416 e. The molecule has 0 unspecified atom stereocenters. The van der Waals surface area contributed by atoms with Gasteiger partial charge in [-0.15, -0.1) is 5.10 Å². The number of aromatic nitrogens is 3. The molecule has 1 aromatic heterocycles. The molecule has 0 atom stereocenters. The minimum Gasteiger partial charge on any atom is -0.489 e. The summed E-state index contributed by atoms with van der Waals surface area (Å²) in [5.74, 6) is 0.0951. The highest BCUT2D eigenvalue weighted by atomic mass is 19.4. The molecule has 0 fully saturated rings. The molecule has 0 radical (unpaired) electrons. The Balaban J connectivity index is 2.00. The van der Waals surface area contributed by atoms with Crippen LogP contribution in [0.1, 0.15) is 47.7 Å². The van der Waals surface area contributed by atoms with Gasteiger partial charge in [-0.25, -0.2) is 0 Å². The van der Waals surface area contributed by atoms with Gasteiger partial charge in [-0.1, -0.05) is 13.8 Å². The van der Waals surface area contributed by atoms with E-state index in [1.807, 2.05) is 19.9 Å². The molecular formula is C21H16F6N4O. The van der Waals surface area contributed by atoms with Crippen molar-refractivity contribution in [3.63, 3.8) is 0 Å². The summed E-state index contributed by atoms with van der Waals surface area (Å²) in [5.41, 5.74) is -1.69. The SMILES string of the molecule is CC(C)c1cc(OCc2cc(C(F)(F)F)ccc2C(F)(F)F)cc(-c2n[nH]nc2C#N)c1. The summed E-state index contributed by atoms with van der Waals surface area (Å²) < 4.78 is 84.5. The second-order valence-corrected chi connectivity index (χ2v) is 7.23. The number of hydrogen-bond acceptors (Lipinski definition) is 4. The molecule has 32 heavy (non-hydrogen) atoms. The number of benzene rings is 2. The molecule has 0 amide bonds. The molecular weight excluding hydrogens is 438 g/mol. The van der Waals surface area contributed by atoms with Gasteiger partial charge in [-0.05, 0) is 47.9 Å². The van der Waals surface area contributed by atoms with Gasteiger partial charge in [-0.2, -0.15) is 41.9 Å². The number of ether oxygens (including phenoxy) is 1. The van der Waals surface area contributed by atoms with E-state index in [-0.39, 0.29) is 23.1 Å². The average molecular weight is 454 g/mol. The molecule has 0 aliphatic carbocycles. The number of H-pyrrole nitrogens is 1. The first-order valence-electron chi connectivity index (χ1n) is 9.26. The first kappa shape index (κ1) is 23.1. The fraction of sp³-hybridized carbons (Fsp3) is 0.286. The molecule has 0 aliphatic rings. The highest BCUT2D eigenvalue weighted by Gasteiger charge is 2.37. The number of halogens is 6. The van der Waals surface area contributed by atoms with E-state index in [2.05, 4.69) is 15.4 Å². The van der Waals surface area contributed by atoms with Crippen LogP contribution in [0.2, 0.25) is 0 Å². The summed E-state index contributed by atoms with van der Waals surface area (Å²) in [4.78, 5) is 0. The zero-order chi connectivity index (χ0) is 23.7. The van der Waals surface area contributed by atoms with E-state index in [9.17, 15) is 26.3 Å². The molecule has 5 nitrogen and oxygen atoms in total. The van der Waals surface area contributed by atoms with Crippen LogP contribution in [0.15, 0.2) is 36.4 Å². The Hall–Kier alpha value is -3.55. The van der Waals surface area contributed by atoms with Gasteiger partial charge in [0.1, 0.15) is 24.1 Å². The molecule has 1 heterocycles. The first-order chi connectivity index (χ1) is 14.9. The summed E-state index contributed by atoms with van der Waals surface area (Å²) in [7, 11) is 0. The lowest BCUT2D eigenvalue weighted by atomic mass is 9.98. The van der Waals surface area contributed by atoms with Crippen LogP contribution in [0.25, 0.3) is 11.3 Å². The number of aromatic amines is 1. The highest BCUT2D eigenvalue weighted by molar-refractivity contribution is 5.67. The van der Waals surface area contributed by atoms with Crippen LogP contribution >= 0.6 is 0 Å². The van der Waals surface area contributed by atoms with Crippen LogP contribution in [-0.4, -0.2) is 15.4 Å². The lowest BCUT2D eigenvalue weighted by molar-refractivity contribution is -0.142. The lowest BCUT2D eigenvalue weighted by Gasteiger charge is -2.17. The van der Waals surface area contributed by atoms with E-state index in [0.29, 0.717) is 23.8 Å². The zero-order valence-corrected chi connectivity index (χ0v) is 16.8. The monoisotopic (exact) mass is 454 g/mol. The van der Waals surface area contributed by atoms with Crippen LogP contribution in [0, 0.1) is 11.3 Å². The Bertz CT molecular complexity index is 1160. The minimum absolute atomic E-state index is 0.00842.